The van der Waals surface area contributed by atoms with E-state index in [0.29, 0.717) is 20.9 Å². The van der Waals surface area contributed by atoms with Crippen LogP contribution in [0.15, 0.2) is 65.7 Å². The number of halogens is 1. The van der Waals surface area contributed by atoms with Gasteiger partial charge >= 0.3 is 0 Å². The molecule has 0 bridgehead atoms. The Labute approximate surface area is 170 Å². The van der Waals surface area contributed by atoms with Gasteiger partial charge in [0.05, 0.1) is 11.7 Å². The van der Waals surface area contributed by atoms with Crippen LogP contribution in [0.2, 0.25) is 5.02 Å². The van der Waals surface area contributed by atoms with Crippen LogP contribution in [0.1, 0.15) is 5.56 Å². The highest BCUT2D eigenvalue weighted by atomic mass is 35.5. The number of anilines is 1. The fourth-order valence-electron chi connectivity index (χ4n) is 2.89. The molecule has 0 saturated carbocycles. The Hall–Kier alpha value is -2.96. The fourth-order valence-corrected chi connectivity index (χ4v) is 4.06. The minimum Gasteiger partial charge on any atom is -0.324 e. The normalized spacial score (nSPS) is 10.9. The highest BCUT2D eigenvalue weighted by molar-refractivity contribution is 7.21. The average Bonchev–Trinajstić information content (AvgIpc) is 3.13. The van der Waals surface area contributed by atoms with Gasteiger partial charge in [-0.1, -0.05) is 48.0 Å². The molecule has 0 atom stereocenters. The third kappa shape index (κ3) is 3.69. The molecule has 5 nitrogen and oxygen atoms in total. The van der Waals surface area contributed by atoms with Crippen molar-refractivity contribution < 1.29 is 4.79 Å². The summed E-state index contributed by atoms with van der Waals surface area (Å²) in [5, 5.41) is 3.84. The van der Waals surface area contributed by atoms with E-state index in [4.69, 9.17) is 11.6 Å². The van der Waals surface area contributed by atoms with Crippen molar-refractivity contribution in [3.05, 3.63) is 81.9 Å². The Morgan fingerprint density at radius 2 is 1.96 bits per heavy atom. The SMILES string of the molecule is Cc1ccc(Cl)cc1NC(=O)Cn1cnc2sc(-c3ccccc3)cc2c1=O. The molecule has 1 amide bonds. The first kappa shape index (κ1) is 18.4. The third-order valence-electron chi connectivity index (χ3n) is 4.36. The Balaban J connectivity index is 1.60. The topological polar surface area (TPSA) is 64.0 Å². The molecule has 0 aliphatic carbocycles. The third-order valence-corrected chi connectivity index (χ3v) is 5.69. The maximum absolute atomic E-state index is 12.8. The first-order valence-corrected chi connectivity index (χ1v) is 9.81. The summed E-state index contributed by atoms with van der Waals surface area (Å²) in [7, 11) is 0. The minimum atomic E-state index is -0.313. The van der Waals surface area contributed by atoms with Gasteiger partial charge in [0.1, 0.15) is 11.4 Å². The van der Waals surface area contributed by atoms with Gasteiger partial charge in [0.2, 0.25) is 5.91 Å². The number of aromatic nitrogens is 2. The number of benzene rings is 2. The number of aryl methyl sites for hydroxylation is 1. The number of amides is 1. The number of carbonyl (C=O) groups is 1. The first-order chi connectivity index (χ1) is 13.5. The molecule has 2 heterocycles. The van der Waals surface area contributed by atoms with E-state index in [1.807, 2.05) is 49.4 Å². The van der Waals surface area contributed by atoms with Crippen LogP contribution in [0, 0.1) is 6.92 Å². The summed E-state index contributed by atoms with van der Waals surface area (Å²) in [6, 6.07) is 16.9. The molecule has 0 radical (unpaired) electrons. The molecule has 4 aromatic rings. The molecule has 0 aliphatic heterocycles. The summed E-state index contributed by atoms with van der Waals surface area (Å²) in [5.74, 6) is -0.313. The first-order valence-electron chi connectivity index (χ1n) is 8.61. The van der Waals surface area contributed by atoms with Crippen molar-refractivity contribution in [2.24, 2.45) is 0 Å². The molecular formula is C21H16ClN3O2S. The summed E-state index contributed by atoms with van der Waals surface area (Å²) in [5.41, 5.74) is 2.32. The van der Waals surface area contributed by atoms with Crippen LogP contribution in [-0.4, -0.2) is 15.5 Å². The van der Waals surface area contributed by atoms with Gasteiger partial charge in [0, 0.05) is 15.6 Å². The number of nitrogens with one attached hydrogen (secondary N) is 1. The summed E-state index contributed by atoms with van der Waals surface area (Å²) in [6.07, 6.45) is 1.42. The lowest BCUT2D eigenvalue weighted by Crippen LogP contribution is -2.27. The number of rotatable bonds is 4. The van der Waals surface area contributed by atoms with E-state index >= 15 is 0 Å². The molecular weight excluding hydrogens is 394 g/mol. The molecule has 0 spiro atoms. The summed E-state index contributed by atoms with van der Waals surface area (Å²) in [4.78, 5) is 31.2. The number of hydrogen-bond acceptors (Lipinski definition) is 4. The van der Waals surface area contributed by atoms with Crippen LogP contribution >= 0.6 is 22.9 Å². The van der Waals surface area contributed by atoms with Gasteiger partial charge in [-0.15, -0.1) is 11.3 Å². The van der Waals surface area contributed by atoms with Gasteiger partial charge in [0.25, 0.3) is 5.56 Å². The Bertz CT molecular complexity index is 1230. The minimum absolute atomic E-state index is 0.121. The van der Waals surface area contributed by atoms with E-state index < -0.39 is 0 Å². The van der Waals surface area contributed by atoms with E-state index in [9.17, 15) is 9.59 Å². The predicted octanol–water partition coefficient (Wildman–Crippen LogP) is 4.73. The number of nitrogens with zero attached hydrogens (tertiary/aromatic N) is 2. The maximum Gasteiger partial charge on any atom is 0.262 e. The summed E-state index contributed by atoms with van der Waals surface area (Å²) >= 11 is 7.45. The monoisotopic (exact) mass is 409 g/mol. The van der Waals surface area contributed by atoms with Gasteiger partial charge in [-0.2, -0.15) is 0 Å². The van der Waals surface area contributed by atoms with Gasteiger partial charge in [-0.3, -0.25) is 14.2 Å². The number of fused-ring (bicyclic) bond motifs is 1. The molecule has 2 aromatic heterocycles. The number of thiophene rings is 1. The lowest BCUT2D eigenvalue weighted by atomic mass is 10.2. The van der Waals surface area contributed by atoms with Crippen LogP contribution in [0.25, 0.3) is 20.7 Å². The molecule has 1 N–H and O–H groups in total. The molecule has 140 valence electrons. The molecule has 0 saturated heterocycles. The highest BCUT2D eigenvalue weighted by Gasteiger charge is 2.13. The fraction of sp³-hybridized carbons (Fsp3) is 0.0952. The largest absolute Gasteiger partial charge is 0.324 e. The smallest absolute Gasteiger partial charge is 0.262 e. The van der Waals surface area contributed by atoms with E-state index in [0.717, 1.165) is 16.0 Å². The van der Waals surface area contributed by atoms with Crippen molar-refractivity contribution in [3.8, 4) is 10.4 Å². The zero-order valence-electron chi connectivity index (χ0n) is 15.0. The van der Waals surface area contributed by atoms with Crippen molar-refractivity contribution >= 4 is 44.7 Å². The van der Waals surface area contributed by atoms with Gasteiger partial charge < -0.3 is 5.32 Å². The maximum atomic E-state index is 12.8. The second-order valence-corrected chi connectivity index (χ2v) is 7.85. The number of carbonyl (C=O) groups excluding carboxylic acids is 1. The van der Waals surface area contributed by atoms with Gasteiger partial charge in [-0.25, -0.2) is 4.98 Å². The summed E-state index contributed by atoms with van der Waals surface area (Å²) < 4.78 is 1.32. The van der Waals surface area contributed by atoms with Crippen molar-refractivity contribution in [3.63, 3.8) is 0 Å². The molecule has 0 fully saturated rings. The Morgan fingerprint density at radius 1 is 1.18 bits per heavy atom. The lowest BCUT2D eigenvalue weighted by molar-refractivity contribution is -0.116. The molecule has 0 aliphatic rings. The summed E-state index contributed by atoms with van der Waals surface area (Å²) in [6.45, 7) is 1.76. The second kappa shape index (κ2) is 7.58. The van der Waals surface area contributed by atoms with Crippen LogP contribution < -0.4 is 10.9 Å². The zero-order valence-corrected chi connectivity index (χ0v) is 16.6. The highest BCUT2D eigenvalue weighted by Crippen LogP contribution is 2.30. The molecule has 7 heteroatoms. The van der Waals surface area contributed by atoms with E-state index in [1.165, 1.54) is 22.2 Å². The van der Waals surface area contributed by atoms with Crippen LogP contribution in [0.4, 0.5) is 5.69 Å². The Kier molecular flexibility index (Phi) is 4.98. The van der Waals surface area contributed by atoms with E-state index in [-0.39, 0.29) is 18.0 Å². The molecule has 2 aromatic carbocycles. The van der Waals surface area contributed by atoms with Crippen molar-refractivity contribution in [2.45, 2.75) is 13.5 Å². The quantitative estimate of drug-likeness (QED) is 0.530. The van der Waals surface area contributed by atoms with Crippen LogP contribution in [0.3, 0.4) is 0 Å². The standard InChI is InChI=1S/C21H16ClN3O2S/c1-13-7-8-15(22)9-17(13)24-19(26)11-25-12-23-20-16(21(25)27)10-18(28-20)14-5-3-2-4-6-14/h2-10,12H,11H2,1H3,(H,24,26). The van der Waals surface area contributed by atoms with Crippen molar-refractivity contribution in [2.75, 3.05) is 5.32 Å². The van der Waals surface area contributed by atoms with Crippen LogP contribution in [-0.2, 0) is 11.3 Å². The molecule has 28 heavy (non-hydrogen) atoms. The predicted molar refractivity (Wildman–Crippen MR) is 114 cm³/mol. The average molecular weight is 410 g/mol. The van der Waals surface area contributed by atoms with E-state index in [2.05, 4.69) is 10.3 Å². The van der Waals surface area contributed by atoms with E-state index in [1.54, 1.807) is 12.1 Å². The molecule has 0 unspecified atom stereocenters. The second-order valence-electron chi connectivity index (χ2n) is 6.38. The van der Waals surface area contributed by atoms with Crippen molar-refractivity contribution in [1.82, 2.24) is 9.55 Å². The van der Waals surface area contributed by atoms with Crippen LogP contribution in [0.5, 0.6) is 0 Å². The van der Waals surface area contributed by atoms with Crippen molar-refractivity contribution in [1.29, 1.82) is 0 Å². The lowest BCUT2D eigenvalue weighted by Gasteiger charge is -2.10. The Morgan fingerprint density at radius 3 is 2.75 bits per heavy atom. The zero-order chi connectivity index (χ0) is 19.7. The van der Waals surface area contributed by atoms with Gasteiger partial charge in [0.15, 0.2) is 0 Å². The van der Waals surface area contributed by atoms with Gasteiger partial charge in [-0.05, 0) is 36.2 Å². The molecule has 4 rings (SSSR count). The number of hydrogen-bond donors (Lipinski definition) is 1.